The summed E-state index contributed by atoms with van der Waals surface area (Å²) in [6, 6.07) is 10.1. The SMILES string of the molecule is CC(C)C(CN(C)C)NC1CC(c2ccc(Br)cc2)C1. The third-order valence-corrected chi connectivity index (χ3v) is 4.82. The van der Waals surface area contributed by atoms with Gasteiger partial charge in [0.25, 0.3) is 0 Å². The molecule has 0 aliphatic heterocycles. The summed E-state index contributed by atoms with van der Waals surface area (Å²) < 4.78 is 1.17. The van der Waals surface area contributed by atoms with Crippen LogP contribution in [0, 0.1) is 5.92 Å². The molecule has 0 aromatic heterocycles. The predicted octanol–water partition coefficient (Wildman–Crippen LogP) is 3.87. The maximum atomic E-state index is 3.84. The van der Waals surface area contributed by atoms with Crippen LogP contribution in [0.25, 0.3) is 0 Å². The first kappa shape index (κ1) is 16.0. The van der Waals surface area contributed by atoms with E-state index in [0.29, 0.717) is 18.0 Å². The molecule has 0 saturated heterocycles. The third kappa shape index (κ3) is 4.31. The Morgan fingerprint density at radius 1 is 1.20 bits per heavy atom. The van der Waals surface area contributed by atoms with Gasteiger partial charge in [0.2, 0.25) is 0 Å². The highest BCUT2D eigenvalue weighted by Crippen LogP contribution is 2.37. The van der Waals surface area contributed by atoms with Crippen molar-refractivity contribution < 1.29 is 0 Å². The predicted molar refractivity (Wildman–Crippen MR) is 90.2 cm³/mol. The third-order valence-electron chi connectivity index (χ3n) is 4.30. The van der Waals surface area contributed by atoms with Crippen LogP contribution in [0.3, 0.4) is 0 Å². The summed E-state index contributed by atoms with van der Waals surface area (Å²) in [6.45, 7) is 5.75. The Bertz CT molecular complexity index is 408. The van der Waals surface area contributed by atoms with E-state index in [1.165, 1.54) is 22.9 Å². The van der Waals surface area contributed by atoms with E-state index >= 15 is 0 Å². The molecule has 1 N–H and O–H groups in total. The summed E-state index contributed by atoms with van der Waals surface area (Å²) in [5.41, 5.74) is 1.49. The average Bonchev–Trinajstić information content (AvgIpc) is 2.32. The zero-order valence-corrected chi connectivity index (χ0v) is 14.7. The molecule has 20 heavy (non-hydrogen) atoms. The van der Waals surface area contributed by atoms with Crippen molar-refractivity contribution in [1.29, 1.82) is 0 Å². The van der Waals surface area contributed by atoms with E-state index in [4.69, 9.17) is 0 Å². The molecule has 1 aromatic rings. The molecule has 0 amide bonds. The van der Waals surface area contributed by atoms with Gasteiger partial charge in [0.05, 0.1) is 0 Å². The number of halogens is 1. The van der Waals surface area contributed by atoms with Gasteiger partial charge < -0.3 is 10.2 Å². The van der Waals surface area contributed by atoms with Crippen molar-refractivity contribution in [3.05, 3.63) is 34.3 Å². The molecule has 2 rings (SSSR count). The Morgan fingerprint density at radius 3 is 2.30 bits per heavy atom. The molecule has 112 valence electrons. The van der Waals surface area contributed by atoms with E-state index in [2.05, 4.69) is 78.4 Å². The molecule has 0 heterocycles. The van der Waals surface area contributed by atoms with Gasteiger partial charge in [-0.3, -0.25) is 0 Å². The Labute approximate surface area is 132 Å². The minimum Gasteiger partial charge on any atom is -0.310 e. The molecule has 0 spiro atoms. The van der Waals surface area contributed by atoms with Crippen LogP contribution in [0.15, 0.2) is 28.7 Å². The molecule has 1 aliphatic rings. The van der Waals surface area contributed by atoms with Crippen LogP contribution in [0.1, 0.15) is 38.2 Å². The van der Waals surface area contributed by atoms with Crippen molar-refractivity contribution in [2.75, 3.05) is 20.6 Å². The van der Waals surface area contributed by atoms with E-state index < -0.39 is 0 Å². The highest BCUT2D eigenvalue weighted by atomic mass is 79.9. The number of hydrogen-bond acceptors (Lipinski definition) is 2. The second-order valence-corrected chi connectivity index (χ2v) is 7.61. The summed E-state index contributed by atoms with van der Waals surface area (Å²) in [6.07, 6.45) is 2.55. The number of rotatable bonds is 6. The van der Waals surface area contributed by atoms with E-state index in [1.54, 1.807) is 0 Å². The Morgan fingerprint density at radius 2 is 1.80 bits per heavy atom. The summed E-state index contributed by atoms with van der Waals surface area (Å²) >= 11 is 3.50. The van der Waals surface area contributed by atoms with Gasteiger partial charge in [0.15, 0.2) is 0 Å². The Kier molecular flexibility index (Phi) is 5.65. The maximum absolute atomic E-state index is 3.84. The van der Waals surface area contributed by atoms with Gasteiger partial charge in [0, 0.05) is 23.1 Å². The zero-order valence-electron chi connectivity index (χ0n) is 13.1. The van der Waals surface area contributed by atoms with E-state index in [0.717, 1.165) is 12.5 Å². The van der Waals surface area contributed by atoms with Crippen molar-refractivity contribution in [3.8, 4) is 0 Å². The molecule has 1 aromatic carbocycles. The van der Waals surface area contributed by atoms with Crippen LogP contribution in [-0.2, 0) is 0 Å². The topological polar surface area (TPSA) is 15.3 Å². The first-order chi connectivity index (χ1) is 9.45. The highest BCUT2D eigenvalue weighted by molar-refractivity contribution is 9.10. The second kappa shape index (κ2) is 7.06. The molecular formula is C17H27BrN2. The van der Waals surface area contributed by atoms with Crippen LogP contribution >= 0.6 is 15.9 Å². The van der Waals surface area contributed by atoms with Crippen LogP contribution in [0.2, 0.25) is 0 Å². The minimum atomic E-state index is 0.598. The normalized spacial score (nSPS) is 23.9. The summed E-state index contributed by atoms with van der Waals surface area (Å²) in [5, 5.41) is 3.84. The van der Waals surface area contributed by atoms with Crippen LogP contribution in [0.4, 0.5) is 0 Å². The van der Waals surface area contributed by atoms with Crippen LogP contribution in [0.5, 0.6) is 0 Å². The first-order valence-electron chi connectivity index (χ1n) is 7.62. The van der Waals surface area contributed by atoms with Gasteiger partial charge in [-0.25, -0.2) is 0 Å². The smallest absolute Gasteiger partial charge is 0.0220 e. The Balaban J connectivity index is 1.82. The lowest BCUT2D eigenvalue weighted by Crippen LogP contribution is -2.51. The van der Waals surface area contributed by atoms with E-state index in [1.807, 2.05) is 0 Å². The molecule has 2 nitrogen and oxygen atoms in total. The van der Waals surface area contributed by atoms with Crippen molar-refractivity contribution in [3.63, 3.8) is 0 Å². The molecule has 3 heteroatoms. The lowest BCUT2D eigenvalue weighted by Gasteiger charge is -2.40. The van der Waals surface area contributed by atoms with E-state index in [-0.39, 0.29) is 0 Å². The van der Waals surface area contributed by atoms with Gasteiger partial charge in [-0.1, -0.05) is 41.9 Å². The van der Waals surface area contributed by atoms with Crippen molar-refractivity contribution in [2.24, 2.45) is 5.92 Å². The fourth-order valence-corrected chi connectivity index (χ4v) is 3.18. The first-order valence-corrected chi connectivity index (χ1v) is 8.41. The molecule has 1 atom stereocenters. The summed E-state index contributed by atoms with van der Waals surface area (Å²) in [4.78, 5) is 2.28. The Hall–Kier alpha value is -0.380. The van der Waals surface area contributed by atoms with Gasteiger partial charge >= 0.3 is 0 Å². The van der Waals surface area contributed by atoms with Gasteiger partial charge in [-0.15, -0.1) is 0 Å². The molecule has 1 unspecified atom stereocenters. The fraction of sp³-hybridized carbons (Fsp3) is 0.647. The molecule has 1 aliphatic carbocycles. The second-order valence-electron chi connectivity index (χ2n) is 6.70. The van der Waals surface area contributed by atoms with Gasteiger partial charge in [-0.2, -0.15) is 0 Å². The monoisotopic (exact) mass is 338 g/mol. The summed E-state index contributed by atoms with van der Waals surface area (Å²) in [7, 11) is 4.31. The molecule has 0 radical (unpaired) electrons. The molecular weight excluding hydrogens is 312 g/mol. The quantitative estimate of drug-likeness (QED) is 0.846. The standard InChI is InChI=1S/C17H27BrN2/c1-12(2)17(11-20(3)4)19-16-9-14(10-16)13-5-7-15(18)8-6-13/h5-8,12,14,16-17,19H,9-11H2,1-4H3. The average molecular weight is 339 g/mol. The fourth-order valence-electron chi connectivity index (χ4n) is 2.91. The minimum absolute atomic E-state index is 0.598. The lowest BCUT2D eigenvalue weighted by atomic mass is 9.75. The number of nitrogens with one attached hydrogen (secondary N) is 1. The summed E-state index contributed by atoms with van der Waals surface area (Å²) in [5.74, 6) is 1.43. The number of nitrogens with zero attached hydrogens (tertiary/aromatic N) is 1. The van der Waals surface area contributed by atoms with Gasteiger partial charge in [-0.05, 0) is 56.5 Å². The zero-order chi connectivity index (χ0) is 14.7. The number of benzene rings is 1. The highest BCUT2D eigenvalue weighted by Gasteiger charge is 2.32. The molecule has 1 fully saturated rings. The molecule has 1 saturated carbocycles. The number of likely N-dealkylation sites (N-methyl/N-ethyl adjacent to an activating group) is 1. The van der Waals surface area contributed by atoms with Crippen LogP contribution in [-0.4, -0.2) is 37.6 Å². The van der Waals surface area contributed by atoms with Crippen molar-refractivity contribution in [2.45, 2.75) is 44.7 Å². The maximum Gasteiger partial charge on any atom is 0.0220 e. The van der Waals surface area contributed by atoms with E-state index in [9.17, 15) is 0 Å². The number of hydrogen-bond donors (Lipinski definition) is 1. The van der Waals surface area contributed by atoms with Crippen LogP contribution < -0.4 is 5.32 Å². The van der Waals surface area contributed by atoms with Crippen molar-refractivity contribution in [1.82, 2.24) is 10.2 Å². The molecule has 0 bridgehead atoms. The van der Waals surface area contributed by atoms with Gasteiger partial charge in [0.1, 0.15) is 0 Å². The lowest BCUT2D eigenvalue weighted by molar-refractivity contribution is 0.210. The largest absolute Gasteiger partial charge is 0.310 e. The van der Waals surface area contributed by atoms with Crippen molar-refractivity contribution >= 4 is 15.9 Å².